The van der Waals surface area contributed by atoms with Crippen LogP contribution in [0.4, 0.5) is 5.69 Å². The third-order valence-corrected chi connectivity index (χ3v) is 8.39. The van der Waals surface area contributed by atoms with Crippen molar-refractivity contribution in [3.8, 4) is 17.1 Å². The number of nitrogens with one attached hydrogen (secondary N) is 2. The number of hydrogen-bond donors (Lipinski definition) is 2. The number of imidazole rings is 1. The highest BCUT2D eigenvalue weighted by Crippen LogP contribution is 2.39. The van der Waals surface area contributed by atoms with Crippen LogP contribution < -0.4 is 15.6 Å². The zero-order valence-electron chi connectivity index (χ0n) is 25.5. The molecule has 1 atom stereocenters. The lowest BCUT2D eigenvalue weighted by atomic mass is 9.76. The molecule has 0 fully saturated rings. The number of anilines is 1. The van der Waals surface area contributed by atoms with Crippen LogP contribution in [0.2, 0.25) is 0 Å². The zero-order chi connectivity index (χ0) is 29.9. The molecule has 41 heavy (non-hydrogen) atoms. The predicted octanol–water partition coefficient (Wildman–Crippen LogP) is 6.83. The first-order chi connectivity index (χ1) is 19.4. The molecule has 0 spiro atoms. The van der Waals surface area contributed by atoms with Crippen LogP contribution in [0.5, 0.6) is 5.75 Å². The number of nitrogens with zero attached hydrogens (tertiary/aromatic N) is 3. The Kier molecular flexibility index (Phi) is 8.61. The van der Waals surface area contributed by atoms with Gasteiger partial charge in [0.25, 0.3) is 11.5 Å². The molecule has 0 saturated heterocycles. The van der Waals surface area contributed by atoms with Crippen molar-refractivity contribution in [2.45, 2.75) is 91.6 Å². The summed E-state index contributed by atoms with van der Waals surface area (Å²) in [6.45, 7) is 17.1. The minimum Gasteiger partial charge on any atom is -0.480 e. The second-order valence-electron chi connectivity index (χ2n) is 11.9. The van der Waals surface area contributed by atoms with Gasteiger partial charge in [0.15, 0.2) is 6.10 Å². The average Bonchev–Trinajstić information content (AvgIpc) is 3.59. The summed E-state index contributed by atoms with van der Waals surface area (Å²) in [5.74, 6) is 0.536. The number of H-pyrrole nitrogens is 1. The number of hydrogen-bond acceptors (Lipinski definition) is 4. The van der Waals surface area contributed by atoms with Gasteiger partial charge >= 0.3 is 0 Å². The second kappa shape index (κ2) is 11.8. The fourth-order valence-electron chi connectivity index (χ4n) is 4.78. The monoisotopic (exact) mass is 557 g/mol. The van der Waals surface area contributed by atoms with Gasteiger partial charge in [-0.2, -0.15) is 0 Å². The van der Waals surface area contributed by atoms with Crippen LogP contribution in [0.25, 0.3) is 11.4 Å². The van der Waals surface area contributed by atoms with Crippen molar-refractivity contribution in [3.63, 3.8) is 0 Å². The lowest BCUT2D eigenvalue weighted by molar-refractivity contribution is -0.122. The van der Waals surface area contributed by atoms with Crippen LogP contribution in [0, 0.1) is 6.92 Å². The molecule has 0 bridgehead atoms. The van der Waals surface area contributed by atoms with Crippen molar-refractivity contribution in [1.29, 1.82) is 0 Å². The molecule has 0 saturated carbocycles. The quantitative estimate of drug-likeness (QED) is 0.211. The Morgan fingerprint density at radius 2 is 1.71 bits per heavy atom. The standard InChI is InChI=1S/C33H43N5O3/c1-9-27(41-28-17-12-23(32(5,6)10-2)20-26(28)33(7,8)11-3)30(39)35-24-13-15-25(16-14-24)38-31(40)29(22(4)36-38)37-19-18-34-21-37/h12-21,27,36H,9-11H2,1-8H3,(H,35,39). The van der Waals surface area contributed by atoms with E-state index in [4.69, 9.17) is 4.74 Å². The van der Waals surface area contributed by atoms with Crippen molar-refractivity contribution in [3.05, 3.63) is 88.4 Å². The molecule has 4 aromatic rings. The summed E-state index contributed by atoms with van der Waals surface area (Å²) in [5.41, 5.74) is 4.68. The Bertz CT molecular complexity index is 1540. The summed E-state index contributed by atoms with van der Waals surface area (Å²) in [6, 6.07) is 13.6. The number of carbonyl (C=O) groups is 1. The summed E-state index contributed by atoms with van der Waals surface area (Å²) < 4.78 is 9.58. The average molecular weight is 558 g/mol. The smallest absolute Gasteiger partial charge is 0.295 e. The normalized spacial score (nSPS) is 12.8. The van der Waals surface area contributed by atoms with Crippen molar-refractivity contribution in [2.75, 3.05) is 5.32 Å². The molecule has 2 heterocycles. The summed E-state index contributed by atoms with van der Waals surface area (Å²) in [7, 11) is 0. The first-order valence-electron chi connectivity index (χ1n) is 14.4. The molecule has 0 aliphatic carbocycles. The maximum Gasteiger partial charge on any atom is 0.295 e. The maximum atomic E-state index is 13.3. The zero-order valence-corrected chi connectivity index (χ0v) is 25.5. The van der Waals surface area contributed by atoms with Crippen LogP contribution in [0.1, 0.15) is 84.5 Å². The van der Waals surface area contributed by atoms with Crippen molar-refractivity contribution in [2.24, 2.45) is 0 Å². The predicted molar refractivity (Wildman–Crippen MR) is 165 cm³/mol. The van der Waals surface area contributed by atoms with E-state index >= 15 is 0 Å². The molecule has 2 aromatic heterocycles. The summed E-state index contributed by atoms with van der Waals surface area (Å²) in [6.07, 6.45) is 6.81. The summed E-state index contributed by atoms with van der Waals surface area (Å²) in [4.78, 5) is 30.4. The van der Waals surface area contributed by atoms with E-state index in [1.54, 1.807) is 47.6 Å². The molecule has 8 heteroatoms. The van der Waals surface area contributed by atoms with E-state index in [9.17, 15) is 9.59 Å². The number of aromatic nitrogens is 4. The van der Waals surface area contributed by atoms with Crippen LogP contribution in [0.3, 0.4) is 0 Å². The number of ether oxygens (including phenoxy) is 1. The van der Waals surface area contributed by atoms with E-state index in [-0.39, 0.29) is 22.3 Å². The molecule has 218 valence electrons. The molecule has 0 aliphatic heterocycles. The van der Waals surface area contributed by atoms with Gasteiger partial charge < -0.3 is 10.1 Å². The number of carbonyl (C=O) groups excluding carboxylic acids is 1. The fourth-order valence-corrected chi connectivity index (χ4v) is 4.78. The van der Waals surface area contributed by atoms with E-state index in [0.29, 0.717) is 23.5 Å². The third kappa shape index (κ3) is 6.16. The first-order valence-corrected chi connectivity index (χ1v) is 14.4. The topological polar surface area (TPSA) is 93.9 Å². The molecule has 2 aromatic carbocycles. The molecular weight excluding hydrogens is 514 g/mol. The number of amides is 1. The number of benzene rings is 2. The minimum atomic E-state index is -0.655. The van der Waals surface area contributed by atoms with Gasteiger partial charge in [-0.25, -0.2) is 9.67 Å². The van der Waals surface area contributed by atoms with Crippen LogP contribution >= 0.6 is 0 Å². The highest BCUT2D eigenvalue weighted by molar-refractivity contribution is 5.94. The second-order valence-corrected chi connectivity index (χ2v) is 11.9. The van der Waals surface area contributed by atoms with Gasteiger partial charge in [0.2, 0.25) is 0 Å². The highest BCUT2D eigenvalue weighted by atomic mass is 16.5. The lowest BCUT2D eigenvalue weighted by Gasteiger charge is -2.31. The number of rotatable bonds is 11. The van der Waals surface area contributed by atoms with Gasteiger partial charge in [-0.1, -0.05) is 60.6 Å². The number of aromatic amines is 1. The Labute approximate surface area is 242 Å². The van der Waals surface area contributed by atoms with Crippen molar-refractivity contribution < 1.29 is 9.53 Å². The van der Waals surface area contributed by atoms with E-state index in [2.05, 4.69) is 69.1 Å². The van der Waals surface area contributed by atoms with Crippen molar-refractivity contribution >= 4 is 11.6 Å². The highest BCUT2D eigenvalue weighted by Gasteiger charge is 2.29. The van der Waals surface area contributed by atoms with Gasteiger partial charge in [-0.05, 0) is 72.9 Å². The Morgan fingerprint density at radius 1 is 1.02 bits per heavy atom. The molecular formula is C33H43N5O3. The van der Waals surface area contributed by atoms with E-state index in [1.165, 1.54) is 10.2 Å². The van der Waals surface area contributed by atoms with E-state index < -0.39 is 6.10 Å². The molecule has 4 rings (SSSR count). The van der Waals surface area contributed by atoms with E-state index in [0.717, 1.165) is 29.8 Å². The molecule has 0 aliphatic rings. The molecule has 0 radical (unpaired) electrons. The Morgan fingerprint density at radius 3 is 2.29 bits per heavy atom. The summed E-state index contributed by atoms with van der Waals surface area (Å²) in [5, 5.41) is 6.11. The third-order valence-electron chi connectivity index (χ3n) is 8.39. The van der Waals surface area contributed by atoms with Gasteiger partial charge in [0.1, 0.15) is 11.4 Å². The number of aryl methyl sites for hydroxylation is 1. The SMILES string of the molecule is CCC(Oc1ccc(C(C)(C)CC)cc1C(C)(C)CC)C(=O)Nc1ccc(-n2[nH]c(C)c(-n3ccnc3)c2=O)cc1. The van der Waals surface area contributed by atoms with E-state index in [1.807, 2.05) is 19.9 Å². The Hall–Kier alpha value is -4.07. The molecule has 2 N–H and O–H groups in total. The van der Waals surface area contributed by atoms with Gasteiger partial charge in [-0.15, -0.1) is 0 Å². The van der Waals surface area contributed by atoms with Gasteiger partial charge in [0, 0.05) is 23.6 Å². The van der Waals surface area contributed by atoms with Gasteiger partial charge in [0.05, 0.1) is 17.7 Å². The van der Waals surface area contributed by atoms with Crippen LogP contribution in [0.15, 0.2) is 66.0 Å². The first kappa shape index (κ1) is 29.9. The largest absolute Gasteiger partial charge is 0.480 e. The molecule has 1 amide bonds. The van der Waals surface area contributed by atoms with Gasteiger partial charge in [-0.3, -0.25) is 19.3 Å². The van der Waals surface area contributed by atoms with Crippen LogP contribution in [-0.2, 0) is 15.6 Å². The molecule has 8 nitrogen and oxygen atoms in total. The van der Waals surface area contributed by atoms with Crippen molar-refractivity contribution in [1.82, 2.24) is 19.3 Å². The van der Waals surface area contributed by atoms with Crippen LogP contribution in [-0.4, -0.2) is 31.3 Å². The Balaban J connectivity index is 1.53. The minimum absolute atomic E-state index is 0.0514. The fraction of sp³-hybridized carbons (Fsp3) is 0.424. The summed E-state index contributed by atoms with van der Waals surface area (Å²) >= 11 is 0. The molecule has 1 unspecified atom stereocenters. The maximum absolute atomic E-state index is 13.3. The lowest BCUT2D eigenvalue weighted by Crippen LogP contribution is -2.33.